The van der Waals surface area contributed by atoms with Crippen molar-refractivity contribution in [3.63, 3.8) is 0 Å². The number of alkyl halides is 3. The number of aliphatic carboxylic acids is 1. The van der Waals surface area contributed by atoms with Crippen LogP contribution in [0.1, 0.15) is 35.9 Å². The molecule has 1 unspecified atom stereocenters. The van der Waals surface area contributed by atoms with Crippen LogP contribution in [0.3, 0.4) is 0 Å². The number of nitrogens with one attached hydrogen (secondary N) is 1. The molecule has 2 N–H and O–H groups in total. The van der Waals surface area contributed by atoms with Crippen LogP contribution in [0, 0.1) is 5.82 Å². The minimum absolute atomic E-state index is 0.0282. The third-order valence-electron chi connectivity index (χ3n) is 3.38. The largest absolute Gasteiger partial charge is 0.481 e. The lowest BCUT2D eigenvalue weighted by Crippen LogP contribution is -2.34. The number of aromatic nitrogens is 3. The zero-order chi connectivity index (χ0) is 19.5. The summed E-state index contributed by atoms with van der Waals surface area (Å²) in [6.07, 6.45) is -5.21. The van der Waals surface area contributed by atoms with Gasteiger partial charge in [0, 0.05) is 12.5 Å². The second-order valence-corrected chi connectivity index (χ2v) is 5.48. The third kappa shape index (κ3) is 4.55. The van der Waals surface area contributed by atoms with Crippen LogP contribution in [0.4, 0.5) is 17.6 Å². The monoisotopic (exact) mass is 374 g/mol. The topological polar surface area (TPSA) is 97.1 Å². The highest BCUT2D eigenvalue weighted by Gasteiger charge is 2.42. The fourth-order valence-electron chi connectivity index (χ4n) is 2.18. The first kappa shape index (κ1) is 19.3. The average molecular weight is 374 g/mol. The summed E-state index contributed by atoms with van der Waals surface area (Å²) in [5, 5.41) is 17.4. The molecule has 1 amide bonds. The first-order valence-electron chi connectivity index (χ1n) is 7.41. The molecule has 2 rings (SSSR count). The van der Waals surface area contributed by atoms with Gasteiger partial charge in [-0.15, -0.1) is 5.10 Å². The molecule has 0 fully saturated rings. The quantitative estimate of drug-likeness (QED) is 0.757. The maximum Gasteiger partial charge on any atom is 0.435 e. The van der Waals surface area contributed by atoms with Crippen molar-refractivity contribution in [3.8, 4) is 5.69 Å². The van der Waals surface area contributed by atoms with Gasteiger partial charge < -0.3 is 10.4 Å². The number of rotatable bonds is 6. The van der Waals surface area contributed by atoms with E-state index in [-0.39, 0.29) is 18.5 Å². The summed E-state index contributed by atoms with van der Waals surface area (Å²) in [5.41, 5.74) is -2.68. The van der Waals surface area contributed by atoms with E-state index in [1.165, 1.54) is 19.1 Å². The van der Waals surface area contributed by atoms with Crippen molar-refractivity contribution >= 4 is 11.9 Å². The molecular weight excluding hydrogens is 360 g/mol. The molecule has 7 nitrogen and oxygen atoms in total. The minimum atomic E-state index is -4.98. The second kappa shape index (κ2) is 7.50. The van der Waals surface area contributed by atoms with Crippen molar-refractivity contribution in [3.05, 3.63) is 41.5 Å². The van der Waals surface area contributed by atoms with Crippen LogP contribution in [0.25, 0.3) is 5.69 Å². The Morgan fingerprint density at radius 3 is 2.62 bits per heavy atom. The smallest absolute Gasteiger partial charge is 0.435 e. The summed E-state index contributed by atoms with van der Waals surface area (Å²) in [5.74, 6) is -3.03. The van der Waals surface area contributed by atoms with Gasteiger partial charge in [-0.1, -0.05) is 11.3 Å². The maximum absolute atomic E-state index is 13.4. The van der Waals surface area contributed by atoms with Gasteiger partial charge >= 0.3 is 12.1 Å². The van der Waals surface area contributed by atoms with Crippen LogP contribution in [0.15, 0.2) is 24.3 Å². The Hall–Kier alpha value is -2.98. The van der Waals surface area contributed by atoms with Gasteiger partial charge in [-0.25, -0.2) is 9.07 Å². The third-order valence-corrected chi connectivity index (χ3v) is 3.38. The van der Waals surface area contributed by atoms with Crippen molar-refractivity contribution in [2.45, 2.75) is 32.0 Å². The van der Waals surface area contributed by atoms with E-state index in [0.29, 0.717) is 4.68 Å². The summed E-state index contributed by atoms with van der Waals surface area (Å²) in [7, 11) is 0. The van der Waals surface area contributed by atoms with Gasteiger partial charge in [-0.05, 0) is 31.5 Å². The molecule has 0 spiro atoms. The predicted molar refractivity (Wildman–Crippen MR) is 80.1 cm³/mol. The number of hydrogen-bond acceptors (Lipinski definition) is 4. The van der Waals surface area contributed by atoms with Gasteiger partial charge in [-0.2, -0.15) is 13.2 Å². The molecule has 26 heavy (non-hydrogen) atoms. The maximum atomic E-state index is 13.4. The van der Waals surface area contributed by atoms with E-state index in [4.69, 9.17) is 5.11 Å². The van der Waals surface area contributed by atoms with Crippen LogP contribution in [-0.4, -0.2) is 38.0 Å². The molecule has 0 saturated carbocycles. The number of carboxylic acid groups (broad SMARTS) is 1. The van der Waals surface area contributed by atoms with E-state index >= 15 is 0 Å². The Kier molecular flexibility index (Phi) is 5.58. The fraction of sp³-hybridized carbons (Fsp3) is 0.333. The van der Waals surface area contributed by atoms with Crippen molar-refractivity contribution in [2.24, 2.45) is 0 Å². The van der Waals surface area contributed by atoms with Crippen LogP contribution in [0.5, 0.6) is 0 Å². The number of halogens is 4. The minimum Gasteiger partial charge on any atom is -0.481 e. The number of carbonyl (C=O) groups excluding carboxylic acids is 1. The van der Waals surface area contributed by atoms with Crippen molar-refractivity contribution in [1.82, 2.24) is 20.3 Å². The molecule has 0 aliphatic carbocycles. The van der Waals surface area contributed by atoms with E-state index in [9.17, 15) is 27.2 Å². The molecule has 1 heterocycles. The van der Waals surface area contributed by atoms with Gasteiger partial charge in [0.2, 0.25) is 0 Å². The highest BCUT2D eigenvalue weighted by atomic mass is 19.4. The molecule has 140 valence electrons. The van der Waals surface area contributed by atoms with E-state index in [1.807, 2.05) is 0 Å². The molecular formula is C15H14F4N4O3. The molecule has 0 aliphatic rings. The Labute approximate surface area is 144 Å². The highest BCUT2D eigenvalue weighted by molar-refractivity contribution is 5.93. The first-order valence-corrected chi connectivity index (χ1v) is 7.41. The molecule has 11 heteroatoms. The molecule has 0 radical (unpaired) electrons. The molecule has 1 aromatic heterocycles. The van der Waals surface area contributed by atoms with E-state index in [2.05, 4.69) is 15.6 Å². The van der Waals surface area contributed by atoms with E-state index < -0.39 is 41.3 Å². The Morgan fingerprint density at radius 1 is 1.35 bits per heavy atom. The Balaban J connectivity index is 2.35. The zero-order valence-electron chi connectivity index (χ0n) is 13.4. The molecule has 2 aromatic rings. The number of benzene rings is 1. The summed E-state index contributed by atoms with van der Waals surface area (Å²) in [6, 6.07) is 3.55. The number of amides is 1. The van der Waals surface area contributed by atoms with Crippen molar-refractivity contribution in [1.29, 1.82) is 0 Å². The van der Waals surface area contributed by atoms with Crippen LogP contribution in [-0.2, 0) is 11.0 Å². The van der Waals surface area contributed by atoms with Crippen LogP contribution in [0.2, 0.25) is 0 Å². The van der Waals surface area contributed by atoms with Gasteiger partial charge in [0.25, 0.3) is 5.91 Å². The highest BCUT2D eigenvalue weighted by Crippen LogP contribution is 2.32. The van der Waals surface area contributed by atoms with Crippen molar-refractivity contribution < 1.29 is 32.3 Å². The molecule has 0 bridgehead atoms. The number of hydrogen-bond donors (Lipinski definition) is 2. The number of nitrogens with zero attached hydrogens (tertiary/aromatic N) is 3. The standard InChI is InChI=1S/C15H14F4N4O3/c1-8(5-6-11(24)25)20-14(26)12-13(15(17,18)19)23(22-21-12)10-4-2-3-9(16)7-10/h2-4,7-8H,5-6H2,1H3,(H,20,26)(H,24,25). The predicted octanol–water partition coefficient (Wildman–Crippen LogP) is 2.41. The lowest BCUT2D eigenvalue weighted by molar-refractivity contribution is -0.143. The lowest BCUT2D eigenvalue weighted by atomic mass is 10.1. The Morgan fingerprint density at radius 2 is 2.04 bits per heavy atom. The summed E-state index contributed by atoms with van der Waals surface area (Å²) < 4.78 is 53.9. The lowest BCUT2D eigenvalue weighted by Gasteiger charge is -2.14. The fourth-order valence-corrected chi connectivity index (χ4v) is 2.18. The SMILES string of the molecule is CC(CCC(=O)O)NC(=O)c1nnn(-c2cccc(F)c2)c1C(F)(F)F. The van der Waals surface area contributed by atoms with Gasteiger partial charge in [0.05, 0.1) is 5.69 Å². The Bertz CT molecular complexity index is 819. The van der Waals surface area contributed by atoms with Crippen molar-refractivity contribution in [2.75, 3.05) is 0 Å². The van der Waals surface area contributed by atoms with E-state index in [0.717, 1.165) is 12.1 Å². The number of carboxylic acids is 1. The summed E-state index contributed by atoms with van der Waals surface area (Å²) in [6.45, 7) is 1.45. The first-order chi connectivity index (χ1) is 12.1. The van der Waals surface area contributed by atoms with Crippen LogP contribution < -0.4 is 5.32 Å². The van der Waals surface area contributed by atoms with E-state index in [1.54, 1.807) is 0 Å². The molecule has 0 aliphatic heterocycles. The molecule has 1 atom stereocenters. The molecule has 0 saturated heterocycles. The summed E-state index contributed by atoms with van der Waals surface area (Å²) in [4.78, 5) is 22.6. The normalized spacial score (nSPS) is 12.7. The average Bonchev–Trinajstić information content (AvgIpc) is 2.98. The van der Waals surface area contributed by atoms with Crippen LogP contribution >= 0.6 is 0 Å². The summed E-state index contributed by atoms with van der Waals surface area (Å²) >= 11 is 0. The van der Waals surface area contributed by atoms with Gasteiger partial charge in [0.1, 0.15) is 5.82 Å². The number of carbonyl (C=O) groups is 2. The second-order valence-electron chi connectivity index (χ2n) is 5.48. The zero-order valence-corrected chi connectivity index (χ0v) is 13.4. The van der Waals surface area contributed by atoms with Gasteiger partial charge in [0.15, 0.2) is 11.4 Å². The van der Waals surface area contributed by atoms with Gasteiger partial charge in [-0.3, -0.25) is 9.59 Å². The molecule has 1 aromatic carbocycles.